The molecule has 17 heavy (non-hydrogen) atoms. The second-order valence-corrected chi connectivity index (χ2v) is 4.66. The number of esters is 1. The fraction of sp³-hybridized carbons (Fsp3) is 0.500. The number of carbonyl (C=O) groups excluding carboxylic acids is 1. The van der Waals surface area contributed by atoms with Crippen LogP contribution in [0.5, 0.6) is 0 Å². The molecule has 1 aromatic rings. The van der Waals surface area contributed by atoms with Crippen molar-refractivity contribution in [2.24, 2.45) is 11.8 Å². The number of hydrogen-bond acceptors (Lipinski definition) is 3. The Morgan fingerprint density at radius 2 is 2.00 bits per heavy atom. The summed E-state index contributed by atoms with van der Waals surface area (Å²) >= 11 is 0. The van der Waals surface area contributed by atoms with Gasteiger partial charge in [-0.2, -0.15) is 0 Å². The fourth-order valence-corrected chi connectivity index (χ4v) is 2.14. The molecule has 1 saturated heterocycles. The van der Waals surface area contributed by atoms with Crippen LogP contribution in [0.3, 0.4) is 0 Å². The van der Waals surface area contributed by atoms with E-state index in [1.54, 1.807) is 0 Å². The van der Waals surface area contributed by atoms with E-state index in [9.17, 15) is 4.79 Å². The van der Waals surface area contributed by atoms with Crippen molar-refractivity contribution >= 4 is 5.97 Å². The third kappa shape index (κ3) is 2.86. The van der Waals surface area contributed by atoms with Gasteiger partial charge in [-0.15, -0.1) is 0 Å². The molecule has 2 rings (SSSR count). The van der Waals surface area contributed by atoms with Gasteiger partial charge in [0.1, 0.15) is 0 Å². The highest BCUT2D eigenvalue weighted by Gasteiger charge is 2.35. The van der Waals surface area contributed by atoms with E-state index < -0.39 is 0 Å². The molecule has 0 aromatic heterocycles. The summed E-state index contributed by atoms with van der Waals surface area (Å²) in [4.78, 5) is 11.5. The van der Waals surface area contributed by atoms with Crippen LogP contribution in [0.25, 0.3) is 0 Å². The molecule has 0 spiro atoms. The lowest BCUT2D eigenvalue weighted by molar-refractivity contribution is -0.171. The van der Waals surface area contributed by atoms with Crippen LogP contribution in [0.1, 0.15) is 19.4 Å². The van der Waals surface area contributed by atoms with Crippen LogP contribution in [0.4, 0.5) is 0 Å². The maximum absolute atomic E-state index is 11.5. The Morgan fingerprint density at radius 3 is 2.71 bits per heavy atom. The van der Waals surface area contributed by atoms with E-state index >= 15 is 0 Å². The molecule has 0 aliphatic carbocycles. The lowest BCUT2D eigenvalue weighted by Gasteiger charge is -2.33. The lowest BCUT2D eigenvalue weighted by Crippen LogP contribution is -2.42. The normalized spacial score (nSPS) is 28.8. The first-order valence-electron chi connectivity index (χ1n) is 6.00. The Bertz CT molecular complexity index is 374. The highest BCUT2D eigenvalue weighted by Crippen LogP contribution is 2.24. The maximum Gasteiger partial charge on any atom is 0.311 e. The topological polar surface area (TPSA) is 35.5 Å². The van der Waals surface area contributed by atoms with Gasteiger partial charge in [-0.05, 0) is 12.5 Å². The van der Waals surface area contributed by atoms with Gasteiger partial charge in [0, 0.05) is 5.92 Å². The molecule has 1 heterocycles. The first kappa shape index (κ1) is 12.1. The average molecular weight is 234 g/mol. The van der Waals surface area contributed by atoms with Crippen LogP contribution < -0.4 is 0 Å². The van der Waals surface area contributed by atoms with E-state index in [1.165, 1.54) is 0 Å². The summed E-state index contributed by atoms with van der Waals surface area (Å²) in [5.74, 6) is -0.0740. The summed E-state index contributed by atoms with van der Waals surface area (Å²) in [6, 6.07) is 10.0. The predicted octanol–water partition coefficient (Wildman–Crippen LogP) is 2.40. The van der Waals surface area contributed by atoms with Gasteiger partial charge in [-0.1, -0.05) is 37.3 Å². The van der Waals surface area contributed by atoms with Gasteiger partial charge >= 0.3 is 5.97 Å². The third-order valence-electron chi connectivity index (χ3n) is 3.20. The van der Waals surface area contributed by atoms with E-state index in [0.29, 0.717) is 13.2 Å². The number of carbonyl (C=O) groups is 1. The molecular formula is C14H18O3. The van der Waals surface area contributed by atoms with E-state index in [1.807, 2.05) is 37.3 Å². The smallest absolute Gasteiger partial charge is 0.311 e. The molecule has 0 unspecified atom stereocenters. The van der Waals surface area contributed by atoms with Gasteiger partial charge in [0.15, 0.2) is 0 Å². The van der Waals surface area contributed by atoms with Crippen molar-refractivity contribution in [3.8, 4) is 0 Å². The van der Waals surface area contributed by atoms with Crippen LogP contribution in [0, 0.1) is 11.8 Å². The van der Waals surface area contributed by atoms with Crippen molar-refractivity contribution < 1.29 is 14.3 Å². The average Bonchev–Trinajstić information content (AvgIpc) is 2.35. The molecule has 3 atom stereocenters. The number of ether oxygens (including phenoxy) is 2. The zero-order valence-electron chi connectivity index (χ0n) is 10.3. The van der Waals surface area contributed by atoms with E-state index in [0.717, 1.165) is 5.56 Å². The van der Waals surface area contributed by atoms with E-state index in [-0.39, 0.29) is 23.9 Å². The number of cyclic esters (lactones) is 1. The molecule has 0 saturated carbocycles. The molecule has 0 bridgehead atoms. The molecule has 1 aliphatic heterocycles. The van der Waals surface area contributed by atoms with Crippen molar-refractivity contribution in [1.82, 2.24) is 0 Å². The molecule has 3 heteroatoms. The summed E-state index contributed by atoms with van der Waals surface area (Å²) in [5.41, 5.74) is 1.13. The summed E-state index contributed by atoms with van der Waals surface area (Å²) < 4.78 is 10.9. The quantitative estimate of drug-likeness (QED) is 0.753. The number of rotatable bonds is 3. The molecule has 0 radical (unpaired) electrons. The number of benzene rings is 1. The summed E-state index contributed by atoms with van der Waals surface area (Å²) in [6.07, 6.45) is -0.0449. The third-order valence-corrected chi connectivity index (χ3v) is 3.20. The van der Waals surface area contributed by atoms with Gasteiger partial charge in [0.2, 0.25) is 0 Å². The fourth-order valence-electron chi connectivity index (χ4n) is 2.14. The monoisotopic (exact) mass is 234 g/mol. The zero-order chi connectivity index (χ0) is 12.3. The second-order valence-electron chi connectivity index (χ2n) is 4.66. The van der Waals surface area contributed by atoms with Gasteiger partial charge in [-0.25, -0.2) is 0 Å². The van der Waals surface area contributed by atoms with Crippen LogP contribution >= 0.6 is 0 Å². The van der Waals surface area contributed by atoms with Gasteiger partial charge in [-0.3, -0.25) is 4.79 Å². The Morgan fingerprint density at radius 1 is 1.29 bits per heavy atom. The van der Waals surface area contributed by atoms with Crippen LogP contribution in [-0.2, 0) is 20.9 Å². The first-order chi connectivity index (χ1) is 8.18. The molecule has 3 nitrogen and oxygen atoms in total. The van der Waals surface area contributed by atoms with Crippen LogP contribution in [-0.4, -0.2) is 18.7 Å². The van der Waals surface area contributed by atoms with Crippen molar-refractivity contribution in [3.05, 3.63) is 35.9 Å². The lowest BCUT2D eigenvalue weighted by atomic mass is 9.91. The first-order valence-corrected chi connectivity index (χ1v) is 6.00. The molecule has 92 valence electrons. The minimum Gasteiger partial charge on any atom is -0.465 e. The highest BCUT2D eigenvalue weighted by molar-refractivity contribution is 5.73. The zero-order valence-corrected chi connectivity index (χ0v) is 10.3. The summed E-state index contributed by atoms with van der Waals surface area (Å²) in [7, 11) is 0. The Kier molecular flexibility index (Phi) is 3.79. The summed E-state index contributed by atoms with van der Waals surface area (Å²) in [5, 5.41) is 0. The predicted molar refractivity (Wildman–Crippen MR) is 64.3 cm³/mol. The van der Waals surface area contributed by atoms with E-state index in [4.69, 9.17) is 9.47 Å². The van der Waals surface area contributed by atoms with Crippen LogP contribution in [0.15, 0.2) is 30.3 Å². The molecule has 0 amide bonds. The van der Waals surface area contributed by atoms with Crippen molar-refractivity contribution in [2.75, 3.05) is 6.61 Å². The standard InChI is InChI=1S/C14H18O3/c1-10-8-17-14(15)11(2)13(10)16-9-12-6-4-3-5-7-12/h3-7,10-11,13H,8-9H2,1-2H3/t10-,11-,13-/m1/s1. The maximum atomic E-state index is 11.5. The van der Waals surface area contributed by atoms with Gasteiger partial charge < -0.3 is 9.47 Å². The van der Waals surface area contributed by atoms with Crippen molar-refractivity contribution in [3.63, 3.8) is 0 Å². The Labute approximate surface area is 102 Å². The molecule has 1 fully saturated rings. The Balaban J connectivity index is 1.95. The summed E-state index contributed by atoms with van der Waals surface area (Å²) in [6.45, 7) is 4.93. The molecule has 1 aromatic carbocycles. The minimum absolute atomic E-state index is 0.0449. The van der Waals surface area contributed by atoms with Crippen LogP contribution in [0.2, 0.25) is 0 Å². The van der Waals surface area contributed by atoms with Crippen molar-refractivity contribution in [2.45, 2.75) is 26.6 Å². The highest BCUT2D eigenvalue weighted by atomic mass is 16.5. The van der Waals surface area contributed by atoms with E-state index in [2.05, 4.69) is 6.92 Å². The SMILES string of the molecule is C[C@@H]1COC(=O)[C@H](C)[C@@H]1OCc1ccccc1. The van der Waals surface area contributed by atoms with Gasteiger partial charge in [0.05, 0.1) is 25.2 Å². The van der Waals surface area contributed by atoms with Crippen molar-refractivity contribution in [1.29, 1.82) is 0 Å². The number of hydrogen-bond donors (Lipinski definition) is 0. The molecule has 0 N–H and O–H groups in total. The van der Waals surface area contributed by atoms with Gasteiger partial charge in [0.25, 0.3) is 0 Å². The molecule has 1 aliphatic rings. The molecular weight excluding hydrogens is 216 g/mol. The minimum atomic E-state index is -0.178. The second kappa shape index (κ2) is 5.32. The largest absolute Gasteiger partial charge is 0.465 e. The Hall–Kier alpha value is -1.35.